The number of benzene rings is 4. The molecule has 0 radical (unpaired) electrons. The summed E-state index contributed by atoms with van der Waals surface area (Å²) in [6.45, 7) is 4.54. The van der Waals surface area contributed by atoms with Crippen LogP contribution in [0.25, 0.3) is 20.5 Å². The molecule has 6 nitrogen and oxygen atoms in total. The van der Waals surface area contributed by atoms with Crippen LogP contribution in [0.1, 0.15) is 47.2 Å². The van der Waals surface area contributed by atoms with Gasteiger partial charge in [-0.25, -0.2) is 4.79 Å². The molecule has 2 heterocycles. The first-order valence-electron chi connectivity index (χ1n) is 15.5. The molecule has 0 aliphatic carbocycles. The lowest BCUT2D eigenvalue weighted by atomic mass is 9.99. The molecule has 1 fully saturated rings. The third-order valence-electron chi connectivity index (χ3n) is 7.98. The summed E-state index contributed by atoms with van der Waals surface area (Å²) in [5, 5.41) is 9.91. The zero-order chi connectivity index (χ0) is 30.8. The first kappa shape index (κ1) is 30.4. The Morgan fingerprint density at radius 1 is 0.822 bits per heavy atom. The van der Waals surface area contributed by atoms with Gasteiger partial charge in [-0.05, 0) is 128 Å². The Hall–Kier alpha value is -4.64. The van der Waals surface area contributed by atoms with E-state index in [1.807, 2.05) is 42.5 Å². The number of carbonyl (C=O) groups is 1. The number of thiophene rings is 1. The van der Waals surface area contributed by atoms with Gasteiger partial charge < -0.3 is 14.2 Å². The maximum Gasteiger partial charge on any atom is 0.343 e. The Morgan fingerprint density at radius 2 is 1.51 bits per heavy atom. The predicted molar refractivity (Wildman–Crippen MR) is 179 cm³/mol. The normalized spacial score (nSPS) is 13.0. The zero-order valence-electron chi connectivity index (χ0n) is 25.2. The van der Waals surface area contributed by atoms with E-state index >= 15 is 0 Å². The van der Waals surface area contributed by atoms with Crippen molar-refractivity contribution in [2.75, 3.05) is 32.8 Å². The molecule has 5 aromatic rings. The number of rotatable bonds is 13. The Bertz CT molecular complexity index is 1750. The van der Waals surface area contributed by atoms with Gasteiger partial charge in [-0.1, -0.05) is 30.3 Å². The van der Waals surface area contributed by atoms with E-state index in [0.29, 0.717) is 37.4 Å². The number of unbranched alkanes of at least 4 members (excludes halogenated alkanes) is 1. The minimum Gasteiger partial charge on any atom is -0.494 e. The number of hydrogen-bond acceptors (Lipinski definition) is 7. The van der Waals surface area contributed by atoms with Crippen molar-refractivity contribution in [3.63, 3.8) is 0 Å². The van der Waals surface area contributed by atoms with Crippen molar-refractivity contribution in [2.24, 2.45) is 0 Å². The van der Waals surface area contributed by atoms with Crippen LogP contribution in [0.15, 0.2) is 97.1 Å². The molecule has 1 aromatic heterocycles. The maximum absolute atomic E-state index is 12.7. The quantitative estimate of drug-likeness (QED) is 0.0750. The smallest absolute Gasteiger partial charge is 0.343 e. The summed E-state index contributed by atoms with van der Waals surface area (Å²) in [5.41, 5.74) is 4.03. The highest BCUT2D eigenvalue weighted by atomic mass is 32.1. The van der Waals surface area contributed by atoms with Crippen molar-refractivity contribution in [1.82, 2.24) is 4.90 Å². The highest BCUT2D eigenvalue weighted by Crippen LogP contribution is 2.42. The van der Waals surface area contributed by atoms with Gasteiger partial charge in [0.2, 0.25) is 0 Å². The van der Waals surface area contributed by atoms with E-state index in [0.717, 1.165) is 40.1 Å². The molecule has 0 amide bonds. The summed E-state index contributed by atoms with van der Waals surface area (Å²) >= 11 is 1.69. The fraction of sp³-hybridized carbons (Fsp3) is 0.263. The van der Waals surface area contributed by atoms with E-state index in [9.17, 15) is 4.79 Å². The van der Waals surface area contributed by atoms with E-state index in [4.69, 9.17) is 19.5 Å². The molecule has 228 valence electrons. The van der Waals surface area contributed by atoms with Gasteiger partial charge in [0.1, 0.15) is 23.9 Å². The van der Waals surface area contributed by atoms with Crippen LogP contribution >= 0.6 is 11.3 Å². The molecule has 0 saturated carbocycles. The van der Waals surface area contributed by atoms with E-state index < -0.39 is 0 Å². The number of nitrogens with zero attached hydrogens (tertiary/aromatic N) is 2. The Balaban J connectivity index is 1.23. The monoisotopic (exact) mass is 616 g/mol. The summed E-state index contributed by atoms with van der Waals surface area (Å²) in [7, 11) is 0. The second-order valence-corrected chi connectivity index (χ2v) is 12.2. The van der Waals surface area contributed by atoms with Crippen molar-refractivity contribution in [1.29, 1.82) is 5.26 Å². The van der Waals surface area contributed by atoms with E-state index in [1.54, 1.807) is 23.5 Å². The van der Waals surface area contributed by atoms with Gasteiger partial charge in [0.25, 0.3) is 0 Å². The van der Waals surface area contributed by atoms with Crippen LogP contribution in [0, 0.1) is 11.3 Å². The Labute approximate surface area is 268 Å². The molecule has 1 aliphatic rings. The maximum atomic E-state index is 12.7. The third kappa shape index (κ3) is 7.91. The second kappa shape index (κ2) is 14.9. The summed E-state index contributed by atoms with van der Waals surface area (Å²) in [4.78, 5) is 16.4. The number of hydrogen-bond donors (Lipinski definition) is 0. The minimum absolute atomic E-state index is 0.375. The van der Waals surface area contributed by atoms with Gasteiger partial charge in [0.15, 0.2) is 0 Å². The molecule has 1 aliphatic heterocycles. The minimum atomic E-state index is -0.375. The first-order chi connectivity index (χ1) is 22.2. The van der Waals surface area contributed by atoms with Crippen LogP contribution in [-0.4, -0.2) is 43.7 Å². The number of carbonyl (C=O) groups excluding carboxylic acids is 1. The molecule has 4 aromatic carbocycles. The van der Waals surface area contributed by atoms with Crippen molar-refractivity contribution in [3.8, 4) is 33.8 Å². The van der Waals surface area contributed by atoms with Crippen LogP contribution in [0.4, 0.5) is 0 Å². The van der Waals surface area contributed by atoms with Crippen LogP contribution in [0.2, 0.25) is 0 Å². The average Bonchev–Trinajstić information content (AvgIpc) is 3.73. The largest absolute Gasteiger partial charge is 0.494 e. The van der Waals surface area contributed by atoms with Gasteiger partial charge in [-0.2, -0.15) is 5.26 Å². The fourth-order valence-electron chi connectivity index (χ4n) is 5.59. The lowest BCUT2D eigenvalue weighted by Crippen LogP contribution is -2.25. The molecule has 0 bridgehead atoms. The molecule has 7 heteroatoms. The summed E-state index contributed by atoms with van der Waals surface area (Å²) in [6, 6.07) is 33.6. The molecule has 1 saturated heterocycles. The van der Waals surface area contributed by atoms with Gasteiger partial charge in [0, 0.05) is 22.5 Å². The lowest BCUT2D eigenvalue weighted by Gasteiger charge is -2.15. The molecule has 6 rings (SSSR count). The molecular weight excluding hydrogens is 580 g/mol. The van der Waals surface area contributed by atoms with Gasteiger partial charge in [-0.3, -0.25) is 4.90 Å². The first-order valence-corrected chi connectivity index (χ1v) is 16.3. The van der Waals surface area contributed by atoms with E-state index in [1.165, 1.54) is 41.9 Å². The molecule has 45 heavy (non-hydrogen) atoms. The number of fused-ring (bicyclic) bond motifs is 1. The third-order valence-corrected chi connectivity index (χ3v) is 9.23. The van der Waals surface area contributed by atoms with Crippen molar-refractivity contribution < 1.29 is 19.0 Å². The highest BCUT2D eigenvalue weighted by Gasteiger charge is 2.17. The van der Waals surface area contributed by atoms with E-state index in [-0.39, 0.29) is 5.97 Å². The van der Waals surface area contributed by atoms with Gasteiger partial charge in [-0.15, -0.1) is 11.3 Å². The molecule has 0 atom stereocenters. The molecule has 0 N–H and O–H groups in total. The Morgan fingerprint density at radius 3 is 2.24 bits per heavy atom. The topological polar surface area (TPSA) is 71.8 Å². The predicted octanol–water partition coefficient (Wildman–Crippen LogP) is 8.54. The van der Waals surface area contributed by atoms with Crippen molar-refractivity contribution in [2.45, 2.75) is 32.1 Å². The number of ether oxygens (including phenoxy) is 3. The number of likely N-dealkylation sites (tertiary alicyclic amines) is 1. The SMILES string of the molecule is N#CCCCOc1ccc(-c2sc3cc(OC(=O)c4ccccc4)ccc3c2Cc2ccc(OCCN3CCCC3)cc2)cc1. The summed E-state index contributed by atoms with van der Waals surface area (Å²) in [5.74, 6) is 1.82. The van der Waals surface area contributed by atoms with Crippen molar-refractivity contribution >= 4 is 27.4 Å². The van der Waals surface area contributed by atoms with Crippen LogP contribution in [0.3, 0.4) is 0 Å². The summed E-state index contributed by atoms with van der Waals surface area (Å²) < 4.78 is 18.7. The highest BCUT2D eigenvalue weighted by molar-refractivity contribution is 7.22. The number of nitriles is 1. The molecular formula is C38H36N2O4S. The molecule has 0 unspecified atom stereocenters. The summed E-state index contributed by atoms with van der Waals surface area (Å²) in [6.07, 6.45) is 4.51. The van der Waals surface area contributed by atoms with Crippen LogP contribution in [-0.2, 0) is 6.42 Å². The zero-order valence-corrected chi connectivity index (χ0v) is 26.1. The lowest BCUT2D eigenvalue weighted by molar-refractivity contribution is 0.0735. The van der Waals surface area contributed by atoms with Crippen LogP contribution in [0.5, 0.6) is 17.2 Å². The van der Waals surface area contributed by atoms with E-state index in [2.05, 4.69) is 53.4 Å². The van der Waals surface area contributed by atoms with Crippen molar-refractivity contribution in [3.05, 3.63) is 114 Å². The van der Waals surface area contributed by atoms with Crippen LogP contribution < -0.4 is 14.2 Å². The van der Waals surface area contributed by atoms with Gasteiger partial charge >= 0.3 is 5.97 Å². The number of esters is 1. The fourth-order valence-corrected chi connectivity index (χ4v) is 6.85. The van der Waals surface area contributed by atoms with Gasteiger partial charge in [0.05, 0.1) is 18.2 Å². The Kier molecular flexibility index (Phi) is 10.1. The second-order valence-electron chi connectivity index (χ2n) is 11.2. The standard InChI is InChI=1S/C38H36N2O4S/c39-20-4-7-24-42-32-16-12-29(13-17-32)37-35(26-28-10-14-31(15-11-28)43-25-23-40-21-5-6-22-40)34-19-18-33(27-36(34)45-37)44-38(41)30-8-2-1-3-9-30/h1-3,8-19,27H,4-7,21-26H2. The molecule has 0 spiro atoms. The average molecular weight is 617 g/mol.